The lowest BCUT2D eigenvalue weighted by molar-refractivity contribution is 0.0600. The molecule has 1 heterocycles. The van der Waals surface area contributed by atoms with Crippen LogP contribution in [0.3, 0.4) is 0 Å². The van der Waals surface area contributed by atoms with Gasteiger partial charge in [0, 0.05) is 42.2 Å². The number of fused-ring (bicyclic) bond motifs is 1. The fourth-order valence-electron chi connectivity index (χ4n) is 4.01. The molecule has 8 heteroatoms. The van der Waals surface area contributed by atoms with Crippen molar-refractivity contribution >= 4 is 34.2 Å². The number of hydrogen-bond acceptors (Lipinski definition) is 6. The number of nitrogens with zero attached hydrogens (tertiary/aromatic N) is 3. The van der Waals surface area contributed by atoms with Crippen molar-refractivity contribution in [3.8, 4) is 5.88 Å². The maximum atomic E-state index is 12.8. The number of carbonyl (C=O) groups is 2. The highest BCUT2D eigenvalue weighted by molar-refractivity contribution is 6.22. The lowest BCUT2D eigenvalue weighted by atomic mass is 10.00. The Morgan fingerprint density at radius 2 is 1.57 bits per heavy atom. The Hall–Kier alpha value is -4.43. The van der Waals surface area contributed by atoms with E-state index in [2.05, 4.69) is 4.98 Å². The molecule has 0 aliphatic carbocycles. The summed E-state index contributed by atoms with van der Waals surface area (Å²) in [4.78, 5) is 36.3. The standard InChI is InChI=1S/C29H30N4O4/c1-32(2)16-17-33(3)28(35)20-10-13-22(14-11-20)30-26(19-8-6-5-7-9-19)25-23-15-12-21(29(36)37-4)18-24(23)31-27(25)34/h5-15,18,31,34H,16-17H2,1-4H3. The van der Waals surface area contributed by atoms with E-state index in [1.54, 1.807) is 54.4 Å². The molecule has 0 saturated heterocycles. The van der Waals surface area contributed by atoms with E-state index in [4.69, 9.17) is 9.73 Å². The molecule has 0 radical (unpaired) electrons. The summed E-state index contributed by atoms with van der Waals surface area (Å²) in [6.07, 6.45) is 0. The van der Waals surface area contributed by atoms with Crippen molar-refractivity contribution < 1.29 is 19.4 Å². The number of hydrogen-bond donors (Lipinski definition) is 2. The zero-order valence-electron chi connectivity index (χ0n) is 21.4. The number of nitrogens with one attached hydrogen (secondary N) is 1. The summed E-state index contributed by atoms with van der Waals surface area (Å²) < 4.78 is 4.81. The van der Waals surface area contributed by atoms with Gasteiger partial charge in [-0.15, -0.1) is 0 Å². The zero-order valence-corrected chi connectivity index (χ0v) is 21.4. The van der Waals surface area contributed by atoms with Crippen molar-refractivity contribution in [1.82, 2.24) is 14.8 Å². The van der Waals surface area contributed by atoms with Gasteiger partial charge in [-0.3, -0.25) is 4.79 Å². The fourth-order valence-corrected chi connectivity index (χ4v) is 4.01. The van der Waals surface area contributed by atoms with E-state index in [0.29, 0.717) is 45.5 Å². The van der Waals surface area contributed by atoms with Crippen molar-refractivity contribution in [2.45, 2.75) is 0 Å². The molecule has 0 spiro atoms. The van der Waals surface area contributed by atoms with Gasteiger partial charge in [0.1, 0.15) is 0 Å². The van der Waals surface area contributed by atoms with Crippen LogP contribution in [0.2, 0.25) is 0 Å². The predicted octanol–water partition coefficient (Wildman–Crippen LogP) is 4.46. The zero-order chi connectivity index (χ0) is 26.5. The topological polar surface area (TPSA) is 98.2 Å². The maximum absolute atomic E-state index is 12.8. The highest BCUT2D eigenvalue weighted by atomic mass is 16.5. The summed E-state index contributed by atoms with van der Waals surface area (Å²) in [6, 6.07) is 21.7. The minimum atomic E-state index is -0.462. The Kier molecular flexibility index (Phi) is 7.69. The quantitative estimate of drug-likeness (QED) is 0.276. The Morgan fingerprint density at radius 3 is 2.22 bits per heavy atom. The first-order valence-electron chi connectivity index (χ1n) is 11.9. The van der Waals surface area contributed by atoms with Crippen LogP contribution in [-0.4, -0.2) is 78.8 Å². The van der Waals surface area contributed by atoms with Gasteiger partial charge in [0.2, 0.25) is 0 Å². The first-order chi connectivity index (χ1) is 17.8. The molecular formula is C29H30N4O4. The molecule has 3 aromatic carbocycles. The van der Waals surface area contributed by atoms with Crippen LogP contribution >= 0.6 is 0 Å². The number of aromatic hydroxyl groups is 1. The van der Waals surface area contributed by atoms with Gasteiger partial charge >= 0.3 is 5.97 Å². The van der Waals surface area contributed by atoms with E-state index in [1.165, 1.54) is 7.11 Å². The summed E-state index contributed by atoms with van der Waals surface area (Å²) in [5.41, 5.74) is 4.04. The van der Waals surface area contributed by atoms with Crippen molar-refractivity contribution in [3.05, 3.63) is 95.1 Å². The summed E-state index contributed by atoms with van der Waals surface area (Å²) in [6.45, 7) is 1.40. The van der Waals surface area contributed by atoms with Gasteiger partial charge in [-0.05, 0) is 50.5 Å². The van der Waals surface area contributed by atoms with Crippen LogP contribution in [0.15, 0.2) is 77.8 Å². The van der Waals surface area contributed by atoms with Gasteiger partial charge in [-0.2, -0.15) is 0 Å². The second-order valence-corrected chi connectivity index (χ2v) is 9.00. The van der Waals surface area contributed by atoms with Crippen LogP contribution < -0.4 is 0 Å². The largest absolute Gasteiger partial charge is 0.494 e. The van der Waals surface area contributed by atoms with Gasteiger partial charge < -0.3 is 24.6 Å². The number of benzene rings is 3. The molecule has 0 atom stereocenters. The lowest BCUT2D eigenvalue weighted by Crippen LogP contribution is -2.33. The van der Waals surface area contributed by atoms with Crippen LogP contribution in [0.1, 0.15) is 31.8 Å². The fraction of sp³-hybridized carbons (Fsp3) is 0.207. The molecule has 0 bridgehead atoms. The monoisotopic (exact) mass is 498 g/mol. The SMILES string of the molecule is COC(=O)c1ccc2c(C(=Nc3ccc(C(=O)N(C)CCN(C)C)cc3)c3ccccc3)c(O)[nH]c2c1. The Bertz CT molecular complexity index is 1440. The molecule has 0 saturated carbocycles. The molecule has 4 rings (SSSR count). The van der Waals surface area contributed by atoms with Crippen molar-refractivity contribution in [3.63, 3.8) is 0 Å². The summed E-state index contributed by atoms with van der Waals surface area (Å²) in [7, 11) is 7.06. The van der Waals surface area contributed by atoms with Crippen molar-refractivity contribution in [1.29, 1.82) is 0 Å². The van der Waals surface area contributed by atoms with Crippen LogP contribution in [-0.2, 0) is 4.74 Å². The molecular weight excluding hydrogens is 468 g/mol. The third-order valence-electron chi connectivity index (χ3n) is 6.07. The second-order valence-electron chi connectivity index (χ2n) is 9.00. The molecule has 2 N–H and O–H groups in total. The van der Waals surface area contributed by atoms with Gasteiger partial charge in [-0.25, -0.2) is 9.79 Å². The third-order valence-corrected chi connectivity index (χ3v) is 6.07. The number of aromatic nitrogens is 1. The number of amides is 1. The van der Waals surface area contributed by atoms with Gasteiger partial charge in [0.15, 0.2) is 5.88 Å². The Labute approximate surface area is 215 Å². The average molecular weight is 499 g/mol. The molecule has 8 nitrogen and oxygen atoms in total. The van der Waals surface area contributed by atoms with E-state index >= 15 is 0 Å². The molecule has 37 heavy (non-hydrogen) atoms. The summed E-state index contributed by atoms with van der Waals surface area (Å²) >= 11 is 0. The van der Waals surface area contributed by atoms with Crippen LogP contribution in [0.5, 0.6) is 5.88 Å². The van der Waals surface area contributed by atoms with Crippen LogP contribution in [0.4, 0.5) is 5.69 Å². The summed E-state index contributed by atoms with van der Waals surface area (Å²) in [5.74, 6) is -0.582. The minimum absolute atomic E-state index is 0.0589. The van der Waals surface area contributed by atoms with E-state index < -0.39 is 5.97 Å². The number of methoxy groups -OCH3 is 1. The average Bonchev–Trinajstić information content (AvgIpc) is 3.24. The number of rotatable bonds is 8. The van der Waals surface area contributed by atoms with Gasteiger partial charge in [0.05, 0.1) is 29.6 Å². The smallest absolute Gasteiger partial charge is 0.337 e. The van der Waals surface area contributed by atoms with Gasteiger partial charge in [0.25, 0.3) is 5.91 Å². The maximum Gasteiger partial charge on any atom is 0.337 e. The molecule has 1 amide bonds. The highest BCUT2D eigenvalue weighted by Gasteiger charge is 2.20. The normalized spacial score (nSPS) is 11.6. The van der Waals surface area contributed by atoms with E-state index in [1.807, 2.05) is 49.3 Å². The lowest BCUT2D eigenvalue weighted by Gasteiger charge is -2.19. The number of carbonyl (C=O) groups excluding carboxylic acids is 2. The third kappa shape index (κ3) is 5.70. The number of ether oxygens (including phenoxy) is 1. The highest BCUT2D eigenvalue weighted by Crippen LogP contribution is 2.32. The van der Waals surface area contributed by atoms with E-state index in [0.717, 1.165) is 12.1 Å². The number of aromatic amines is 1. The summed E-state index contributed by atoms with van der Waals surface area (Å²) in [5, 5.41) is 11.6. The van der Waals surface area contributed by atoms with Crippen molar-refractivity contribution in [2.24, 2.45) is 4.99 Å². The molecule has 4 aromatic rings. The predicted molar refractivity (Wildman–Crippen MR) is 145 cm³/mol. The first kappa shape index (κ1) is 25.7. The van der Waals surface area contributed by atoms with Crippen LogP contribution in [0.25, 0.3) is 10.9 Å². The number of esters is 1. The molecule has 0 aliphatic rings. The van der Waals surface area contributed by atoms with E-state index in [9.17, 15) is 14.7 Å². The molecule has 1 aromatic heterocycles. The minimum Gasteiger partial charge on any atom is -0.494 e. The molecule has 0 unspecified atom stereocenters. The number of H-pyrrole nitrogens is 1. The number of aliphatic imine (C=N–C) groups is 1. The Morgan fingerprint density at radius 1 is 0.892 bits per heavy atom. The molecule has 0 aliphatic heterocycles. The molecule has 190 valence electrons. The second kappa shape index (κ2) is 11.1. The molecule has 0 fully saturated rings. The van der Waals surface area contributed by atoms with Gasteiger partial charge in [-0.1, -0.05) is 36.4 Å². The van der Waals surface area contributed by atoms with E-state index in [-0.39, 0.29) is 11.8 Å². The first-order valence-corrected chi connectivity index (χ1v) is 11.9. The Balaban J connectivity index is 1.73. The van der Waals surface area contributed by atoms with Crippen molar-refractivity contribution in [2.75, 3.05) is 41.3 Å². The van der Waals surface area contributed by atoms with Crippen LogP contribution in [0, 0.1) is 0 Å². The number of likely N-dealkylation sites (N-methyl/N-ethyl adjacent to an activating group) is 2.